The molecule has 5 heteroatoms. The first-order chi connectivity index (χ1) is 8.27. The molecule has 1 aromatic heterocycles. The fraction of sp³-hybridized carbons (Fsp3) is 0.167. The number of rotatable bonds is 3. The number of carbonyl (C=O) groups excluding carboxylic acids is 1. The van der Waals surface area contributed by atoms with Crippen LogP contribution in [-0.4, -0.2) is 28.9 Å². The first kappa shape index (κ1) is 11.2. The number of aliphatic imine (C=N–C) groups is 1. The molecule has 1 N–H and O–H groups in total. The van der Waals surface area contributed by atoms with E-state index in [1.54, 1.807) is 30.7 Å². The molecule has 0 fully saturated rings. The van der Waals surface area contributed by atoms with Gasteiger partial charge in [-0.05, 0) is 25.1 Å². The Morgan fingerprint density at radius 1 is 1.41 bits per heavy atom. The number of hydrogen-bond acceptors (Lipinski definition) is 4. The number of nitrogens with zero attached hydrogens (tertiary/aromatic N) is 3. The highest BCUT2D eigenvalue weighted by Gasteiger charge is 2.09. The highest BCUT2D eigenvalue weighted by atomic mass is 16.2. The molecule has 1 aliphatic rings. The molecule has 2 heterocycles. The van der Waals surface area contributed by atoms with Crippen LogP contribution in [-0.2, 0) is 0 Å². The number of hydrogen-bond donors (Lipinski definition) is 1. The summed E-state index contributed by atoms with van der Waals surface area (Å²) in [6, 6.07) is 3.20. The van der Waals surface area contributed by atoms with Gasteiger partial charge in [-0.1, -0.05) is 6.08 Å². The zero-order valence-electron chi connectivity index (χ0n) is 9.37. The van der Waals surface area contributed by atoms with E-state index in [1.807, 2.05) is 19.1 Å². The van der Waals surface area contributed by atoms with Crippen LogP contribution >= 0.6 is 0 Å². The van der Waals surface area contributed by atoms with E-state index in [0.717, 1.165) is 5.71 Å². The monoisotopic (exact) mass is 228 g/mol. The molecule has 17 heavy (non-hydrogen) atoms. The minimum Gasteiger partial charge on any atom is -0.280 e. The van der Waals surface area contributed by atoms with Crippen molar-refractivity contribution < 1.29 is 4.79 Å². The summed E-state index contributed by atoms with van der Waals surface area (Å²) in [5.74, 6) is -0.252. The molecule has 1 aliphatic heterocycles. The van der Waals surface area contributed by atoms with Crippen LogP contribution < -0.4 is 5.43 Å². The average Bonchev–Trinajstić information content (AvgIpc) is 2.90. The lowest BCUT2D eigenvalue weighted by Gasteiger charge is -2.04. The van der Waals surface area contributed by atoms with Gasteiger partial charge >= 0.3 is 0 Å². The van der Waals surface area contributed by atoms with Crippen molar-refractivity contribution in [1.29, 1.82) is 0 Å². The van der Waals surface area contributed by atoms with Gasteiger partial charge < -0.3 is 0 Å². The second-order valence-corrected chi connectivity index (χ2v) is 3.56. The normalized spacial score (nSPS) is 18.4. The van der Waals surface area contributed by atoms with Gasteiger partial charge in [-0.15, -0.1) is 0 Å². The number of carbonyl (C=O) groups is 1. The van der Waals surface area contributed by atoms with Crippen molar-refractivity contribution in [2.24, 2.45) is 10.1 Å². The fourth-order valence-corrected chi connectivity index (χ4v) is 1.37. The standard InChI is InChI=1S/C12H12N4O/c1-9(11-3-2-6-14-11)15-16-12(17)10-4-7-13-8-5-10/h2-8,11H,1H3,(H,16,17). The summed E-state index contributed by atoms with van der Waals surface area (Å²) >= 11 is 0. The van der Waals surface area contributed by atoms with Crippen LogP contribution in [0.25, 0.3) is 0 Å². The molecular weight excluding hydrogens is 216 g/mol. The Labute approximate surface area is 99.0 Å². The van der Waals surface area contributed by atoms with Crippen LogP contribution in [0.3, 0.4) is 0 Å². The molecule has 5 nitrogen and oxygen atoms in total. The highest BCUT2D eigenvalue weighted by molar-refractivity contribution is 5.97. The molecule has 86 valence electrons. The summed E-state index contributed by atoms with van der Waals surface area (Å²) < 4.78 is 0. The lowest BCUT2D eigenvalue weighted by molar-refractivity contribution is 0.0954. The van der Waals surface area contributed by atoms with Gasteiger partial charge in [-0.2, -0.15) is 5.10 Å². The van der Waals surface area contributed by atoms with E-state index in [1.165, 1.54) is 0 Å². The van der Waals surface area contributed by atoms with Gasteiger partial charge in [-0.3, -0.25) is 14.8 Å². The lowest BCUT2D eigenvalue weighted by Crippen LogP contribution is -2.22. The molecule has 0 spiro atoms. The molecule has 0 aliphatic carbocycles. The van der Waals surface area contributed by atoms with Crippen LogP contribution in [0.15, 0.2) is 46.8 Å². The van der Waals surface area contributed by atoms with Gasteiger partial charge in [0.25, 0.3) is 5.91 Å². The number of hydrazone groups is 1. The first-order valence-corrected chi connectivity index (χ1v) is 5.22. The van der Waals surface area contributed by atoms with E-state index in [-0.39, 0.29) is 11.9 Å². The molecule has 0 aromatic carbocycles. The lowest BCUT2D eigenvalue weighted by atomic mass is 10.2. The maximum atomic E-state index is 11.7. The predicted molar refractivity (Wildman–Crippen MR) is 66.2 cm³/mol. The summed E-state index contributed by atoms with van der Waals surface area (Å²) in [6.45, 7) is 1.82. The van der Waals surface area contributed by atoms with Crippen LogP contribution in [0.5, 0.6) is 0 Å². The van der Waals surface area contributed by atoms with Crippen molar-refractivity contribution in [3.8, 4) is 0 Å². The van der Waals surface area contributed by atoms with E-state index in [9.17, 15) is 4.79 Å². The Kier molecular flexibility index (Phi) is 3.40. The zero-order valence-corrected chi connectivity index (χ0v) is 9.37. The number of aromatic nitrogens is 1. The van der Waals surface area contributed by atoms with E-state index < -0.39 is 0 Å². The molecule has 0 bridgehead atoms. The van der Waals surface area contributed by atoms with E-state index in [2.05, 4.69) is 20.5 Å². The summed E-state index contributed by atoms with van der Waals surface area (Å²) in [7, 11) is 0. The Morgan fingerprint density at radius 2 is 2.18 bits per heavy atom. The van der Waals surface area contributed by atoms with Gasteiger partial charge in [-0.25, -0.2) is 5.43 Å². The number of nitrogens with one attached hydrogen (secondary N) is 1. The van der Waals surface area contributed by atoms with Gasteiger partial charge in [0.05, 0.1) is 5.71 Å². The third-order valence-corrected chi connectivity index (χ3v) is 2.33. The molecule has 0 radical (unpaired) electrons. The van der Waals surface area contributed by atoms with Crippen molar-refractivity contribution in [1.82, 2.24) is 10.4 Å². The highest BCUT2D eigenvalue weighted by Crippen LogP contribution is 2.02. The van der Waals surface area contributed by atoms with Crippen molar-refractivity contribution >= 4 is 17.8 Å². The van der Waals surface area contributed by atoms with E-state index in [0.29, 0.717) is 5.56 Å². The Hall–Kier alpha value is -2.30. The molecule has 2 rings (SSSR count). The molecule has 1 amide bonds. The predicted octanol–water partition coefficient (Wildman–Crippen LogP) is 1.20. The largest absolute Gasteiger partial charge is 0.280 e. The van der Waals surface area contributed by atoms with Gasteiger partial charge in [0, 0.05) is 24.2 Å². The van der Waals surface area contributed by atoms with Crippen molar-refractivity contribution in [3.05, 3.63) is 42.2 Å². The second-order valence-electron chi connectivity index (χ2n) is 3.56. The minimum absolute atomic E-state index is 0.0623. The third kappa shape index (κ3) is 2.84. The minimum atomic E-state index is -0.252. The van der Waals surface area contributed by atoms with Crippen LogP contribution in [0.2, 0.25) is 0 Å². The van der Waals surface area contributed by atoms with E-state index in [4.69, 9.17) is 0 Å². The molecule has 1 unspecified atom stereocenters. The fourth-order valence-electron chi connectivity index (χ4n) is 1.37. The summed E-state index contributed by atoms with van der Waals surface area (Å²) in [5.41, 5.74) is 3.77. The van der Waals surface area contributed by atoms with Crippen molar-refractivity contribution in [3.63, 3.8) is 0 Å². The van der Waals surface area contributed by atoms with Gasteiger partial charge in [0.15, 0.2) is 0 Å². The van der Waals surface area contributed by atoms with Gasteiger partial charge in [0.2, 0.25) is 0 Å². The molecule has 1 aromatic rings. The van der Waals surface area contributed by atoms with Crippen molar-refractivity contribution in [2.75, 3.05) is 0 Å². The Balaban J connectivity index is 1.98. The van der Waals surface area contributed by atoms with Crippen LogP contribution in [0, 0.1) is 0 Å². The molecule has 1 atom stereocenters. The quantitative estimate of drug-likeness (QED) is 0.624. The number of amides is 1. The zero-order chi connectivity index (χ0) is 12.1. The number of allylic oxidation sites excluding steroid dienone is 1. The third-order valence-electron chi connectivity index (χ3n) is 2.33. The van der Waals surface area contributed by atoms with E-state index >= 15 is 0 Å². The van der Waals surface area contributed by atoms with Crippen LogP contribution in [0.1, 0.15) is 17.3 Å². The number of pyridine rings is 1. The second kappa shape index (κ2) is 5.16. The maximum absolute atomic E-state index is 11.7. The summed E-state index contributed by atoms with van der Waals surface area (Å²) in [6.07, 6.45) is 8.62. The Bertz CT molecular complexity index is 478. The summed E-state index contributed by atoms with van der Waals surface area (Å²) in [5, 5.41) is 4.01. The van der Waals surface area contributed by atoms with Crippen LogP contribution in [0.4, 0.5) is 0 Å². The SMILES string of the molecule is CC(=NNC(=O)c1ccncc1)C1C=CC=N1. The molecule has 0 saturated carbocycles. The Morgan fingerprint density at radius 3 is 2.82 bits per heavy atom. The smallest absolute Gasteiger partial charge is 0.271 e. The summed E-state index contributed by atoms with van der Waals surface area (Å²) in [4.78, 5) is 19.7. The topological polar surface area (TPSA) is 66.7 Å². The first-order valence-electron chi connectivity index (χ1n) is 5.22. The van der Waals surface area contributed by atoms with Gasteiger partial charge in [0.1, 0.15) is 6.04 Å². The molecule has 0 saturated heterocycles. The van der Waals surface area contributed by atoms with Crippen molar-refractivity contribution in [2.45, 2.75) is 13.0 Å². The maximum Gasteiger partial charge on any atom is 0.271 e. The molecular formula is C12H12N4O. The average molecular weight is 228 g/mol.